The van der Waals surface area contributed by atoms with Gasteiger partial charge in [-0.2, -0.15) is 0 Å². The lowest BCUT2D eigenvalue weighted by molar-refractivity contribution is 0.475. The van der Waals surface area contributed by atoms with E-state index in [1.807, 2.05) is 0 Å². The summed E-state index contributed by atoms with van der Waals surface area (Å²) in [6, 6.07) is 0. The fourth-order valence-electron chi connectivity index (χ4n) is 1.32. The molecule has 0 unspecified atom stereocenters. The molecule has 0 spiro atoms. The van der Waals surface area contributed by atoms with E-state index >= 15 is 0 Å². The van der Waals surface area contributed by atoms with Gasteiger partial charge in [0.2, 0.25) is 0 Å². The highest BCUT2D eigenvalue weighted by Gasteiger charge is 2.14. The first-order valence-electron chi connectivity index (χ1n) is 4.68. The van der Waals surface area contributed by atoms with Gasteiger partial charge < -0.3 is 0 Å². The van der Waals surface area contributed by atoms with Crippen LogP contribution < -0.4 is 0 Å². The smallest absolute Gasteiger partial charge is 0.0173 e. The van der Waals surface area contributed by atoms with Crippen molar-refractivity contribution in [1.29, 1.82) is 0 Å². The van der Waals surface area contributed by atoms with Crippen molar-refractivity contribution < 1.29 is 0 Å². The van der Waals surface area contributed by atoms with Crippen LogP contribution in [0.5, 0.6) is 0 Å². The third kappa shape index (κ3) is 4.23. The first-order valence-corrected chi connectivity index (χ1v) is 4.68. The highest BCUT2D eigenvalue weighted by Crippen LogP contribution is 2.28. The van der Waals surface area contributed by atoms with Crippen LogP contribution in [-0.2, 0) is 0 Å². The lowest BCUT2D eigenvalue weighted by atomic mass is 9.83. The van der Waals surface area contributed by atoms with Crippen molar-refractivity contribution in [3.8, 4) is 0 Å². The van der Waals surface area contributed by atoms with Crippen molar-refractivity contribution in [3.63, 3.8) is 0 Å². The molecular weight excluding hydrogens is 132 g/mol. The van der Waals surface area contributed by atoms with E-state index < -0.39 is 0 Å². The first kappa shape index (κ1) is 10.7. The fraction of sp³-hybridized carbons (Fsp3) is 0.818. The predicted molar refractivity (Wildman–Crippen MR) is 52.7 cm³/mol. The summed E-state index contributed by atoms with van der Waals surface area (Å²) in [5.74, 6) is 0. The third-order valence-corrected chi connectivity index (χ3v) is 2.11. The number of hydrogen-bond donors (Lipinski definition) is 0. The molecule has 66 valence electrons. The summed E-state index contributed by atoms with van der Waals surface area (Å²) in [4.78, 5) is 0. The van der Waals surface area contributed by atoms with Crippen LogP contribution in [0.4, 0.5) is 0 Å². The van der Waals surface area contributed by atoms with Crippen LogP contribution in [0, 0.1) is 5.41 Å². The Morgan fingerprint density at radius 1 is 1.27 bits per heavy atom. The van der Waals surface area contributed by atoms with Crippen LogP contribution in [0.2, 0.25) is 0 Å². The van der Waals surface area contributed by atoms with Crippen molar-refractivity contribution in [2.24, 2.45) is 5.41 Å². The molecule has 0 heterocycles. The second-order valence-electron chi connectivity index (χ2n) is 4.17. The summed E-state index contributed by atoms with van der Waals surface area (Å²) in [5, 5.41) is 0. The summed E-state index contributed by atoms with van der Waals surface area (Å²) in [5.41, 5.74) is 1.98. The molecule has 0 saturated heterocycles. The van der Waals surface area contributed by atoms with E-state index in [-0.39, 0.29) is 0 Å². The molecule has 0 bridgehead atoms. The highest BCUT2D eigenvalue weighted by atomic mass is 14.2. The molecule has 0 radical (unpaired) electrons. The van der Waals surface area contributed by atoms with Crippen molar-refractivity contribution in [1.82, 2.24) is 0 Å². The normalized spacial score (nSPS) is 13.7. The summed E-state index contributed by atoms with van der Waals surface area (Å²) < 4.78 is 0. The van der Waals surface area contributed by atoms with E-state index in [2.05, 4.69) is 40.7 Å². The zero-order valence-corrected chi connectivity index (χ0v) is 8.70. The Labute approximate surface area is 71.7 Å². The van der Waals surface area contributed by atoms with Crippen LogP contribution in [-0.4, -0.2) is 0 Å². The monoisotopic (exact) mass is 154 g/mol. The van der Waals surface area contributed by atoms with E-state index in [0.717, 1.165) is 0 Å². The first-order chi connectivity index (χ1) is 5.02. The summed E-state index contributed by atoms with van der Waals surface area (Å²) >= 11 is 0. The maximum Gasteiger partial charge on any atom is -0.0173 e. The van der Waals surface area contributed by atoms with Gasteiger partial charge in [0.25, 0.3) is 0 Å². The highest BCUT2D eigenvalue weighted by molar-refractivity contribution is 5.09. The molecule has 0 heteroatoms. The van der Waals surface area contributed by atoms with Gasteiger partial charge in [-0.1, -0.05) is 45.8 Å². The molecule has 0 atom stereocenters. The standard InChI is InChI=1S/C11H22/c1-6-8-9-10(7-2)11(3,4)5/h7H,6,8-9H2,1-5H3. The molecular formula is C11H22. The quantitative estimate of drug-likeness (QED) is 0.535. The van der Waals surface area contributed by atoms with E-state index in [4.69, 9.17) is 0 Å². The van der Waals surface area contributed by atoms with Crippen molar-refractivity contribution in [3.05, 3.63) is 11.6 Å². The largest absolute Gasteiger partial charge is 0.0879 e. The van der Waals surface area contributed by atoms with Gasteiger partial charge in [0.15, 0.2) is 0 Å². The number of allylic oxidation sites excluding steroid dienone is 2. The minimum Gasteiger partial charge on any atom is -0.0879 e. The summed E-state index contributed by atoms with van der Waals surface area (Å²) in [6.45, 7) is 11.3. The lowest BCUT2D eigenvalue weighted by Gasteiger charge is -2.22. The molecule has 0 aromatic carbocycles. The van der Waals surface area contributed by atoms with Gasteiger partial charge in [0.1, 0.15) is 0 Å². The minimum absolute atomic E-state index is 0.379. The van der Waals surface area contributed by atoms with Crippen LogP contribution in [0.25, 0.3) is 0 Å². The zero-order valence-electron chi connectivity index (χ0n) is 8.70. The average molecular weight is 154 g/mol. The summed E-state index contributed by atoms with van der Waals surface area (Å²) in [7, 11) is 0. The molecule has 11 heavy (non-hydrogen) atoms. The Morgan fingerprint density at radius 2 is 1.82 bits per heavy atom. The van der Waals surface area contributed by atoms with Crippen molar-refractivity contribution in [2.45, 2.75) is 53.9 Å². The minimum atomic E-state index is 0.379. The molecule has 0 aliphatic rings. The molecule has 0 fully saturated rings. The Balaban J connectivity index is 3.99. The van der Waals surface area contributed by atoms with Gasteiger partial charge in [-0.05, 0) is 25.2 Å². The predicted octanol–water partition coefficient (Wildman–Crippen LogP) is 4.17. The van der Waals surface area contributed by atoms with Crippen molar-refractivity contribution in [2.75, 3.05) is 0 Å². The van der Waals surface area contributed by atoms with Crippen LogP contribution >= 0.6 is 0 Å². The Kier molecular flexibility index (Phi) is 4.48. The zero-order chi connectivity index (χ0) is 8.91. The van der Waals surface area contributed by atoms with Crippen molar-refractivity contribution >= 4 is 0 Å². The lowest BCUT2D eigenvalue weighted by Crippen LogP contribution is -2.08. The van der Waals surface area contributed by atoms with Gasteiger partial charge in [-0.15, -0.1) is 0 Å². The van der Waals surface area contributed by atoms with Crippen LogP contribution in [0.15, 0.2) is 11.6 Å². The molecule has 0 N–H and O–H groups in total. The maximum atomic E-state index is 2.29. The van der Waals surface area contributed by atoms with E-state index in [1.165, 1.54) is 19.3 Å². The molecule has 0 aliphatic heterocycles. The second-order valence-corrected chi connectivity index (χ2v) is 4.17. The third-order valence-electron chi connectivity index (χ3n) is 2.11. The number of hydrogen-bond acceptors (Lipinski definition) is 0. The van der Waals surface area contributed by atoms with Crippen LogP contribution in [0.3, 0.4) is 0 Å². The van der Waals surface area contributed by atoms with Gasteiger partial charge >= 0.3 is 0 Å². The molecule has 0 aliphatic carbocycles. The summed E-state index contributed by atoms with van der Waals surface area (Å²) in [6.07, 6.45) is 6.18. The molecule has 0 rings (SSSR count). The average Bonchev–Trinajstić information content (AvgIpc) is 1.87. The molecule has 0 aromatic rings. The Hall–Kier alpha value is -0.260. The van der Waals surface area contributed by atoms with Crippen LogP contribution in [0.1, 0.15) is 53.9 Å². The van der Waals surface area contributed by atoms with E-state index in [0.29, 0.717) is 5.41 Å². The van der Waals surface area contributed by atoms with E-state index in [1.54, 1.807) is 5.57 Å². The van der Waals surface area contributed by atoms with E-state index in [9.17, 15) is 0 Å². The Morgan fingerprint density at radius 3 is 2.09 bits per heavy atom. The second kappa shape index (κ2) is 4.58. The van der Waals surface area contributed by atoms with Gasteiger partial charge in [0, 0.05) is 0 Å². The molecule has 0 saturated carbocycles. The topological polar surface area (TPSA) is 0 Å². The number of rotatable bonds is 3. The molecule has 0 aromatic heterocycles. The maximum absolute atomic E-state index is 2.29. The molecule has 0 nitrogen and oxygen atoms in total. The number of unbranched alkanes of at least 4 members (excludes halogenated alkanes) is 1. The van der Waals surface area contributed by atoms with Gasteiger partial charge in [0.05, 0.1) is 0 Å². The SMILES string of the molecule is CC=C(CCCC)C(C)(C)C. The fourth-order valence-corrected chi connectivity index (χ4v) is 1.32. The van der Waals surface area contributed by atoms with Gasteiger partial charge in [-0.3, -0.25) is 0 Å². The van der Waals surface area contributed by atoms with Gasteiger partial charge in [-0.25, -0.2) is 0 Å². The molecule has 0 amide bonds. The Bertz CT molecular complexity index is 123.